The van der Waals surface area contributed by atoms with E-state index in [1.807, 2.05) is 29.9 Å². The summed E-state index contributed by atoms with van der Waals surface area (Å²) in [6.45, 7) is 0. The quantitative estimate of drug-likeness (QED) is 0.629. The molecule has 0 radical (unpaired) electrons. The standard InChI is InChI=1S/C17H14N6O2S/c1-23-6-5-21-17(23)26-14-8-3-2-4-10(24)13(8)25-16-11(14)12(19)9(7-18)15(20)22-16/h2-6,14,24H,1H3,(H4,19,20,22). The molecule has 5 N–H and O–H groups in total. The van der Waals surface area contributed by atoms with E-state index in [4.69, 9.17) is 16.2 Å². The number of phenolic OH excluding ortho intramolecular Hbond substituents is 1. The van der Waals surface area contributed by atoms with Crippen molar-refractivity contribution in [3.8, 4) is 23.4 Å². The maximum absolute atomic E-state index is 10.2. The lowest BCUT2D eigenvalue weighted by Crippen LogP contribution is -2.15. The predicted molar refractivity (Wildman–Crippen MR) is 96.9 cm³/mol. The number of imidazole rings is 1. The third-order valence-corrected chi connectivity index (χ3v) is 5.48. The first-order valence-electron chi connectivity index (χ1n) is 7.64. The number of nitrogens with zero attached hydrogens (tertiary/aromatic N) is 4. The van der Waals surface area contributed by atoms with Crippen molar-refractivity contribution in [3.05, 3.63) is 47.3 Å². The van der Waals surface area contributed by atoms with Crippen LogP contribution >= 0.6 is 11.8 Å². The molecule has 0 bridgehead atoms. The van der Waals surface area contributed by atoms with E-state index in [0.717, 1.165) is 5.16 Å². The van der Waals surface area contributed by atoms with Crippen LogP contribution < -0.4 is 16.2 Å². The lowest BCUT2D eigenvalue weighted by Gasteiger charge is -2.28. The average Bonchev–Trinajstić information content (AvgIpc) is 3.00. The number of thioether (sulfide) groups is 1. The monoisotopic (exact) mass is 366 g/mol. The lowest BCUT2D eigenvalue weighted by molar-refractivity contribution is 0.389. The Hall–Kier alpha value is -3.38. The van der Waals surface area contributed by atoms with Gasteiger partial charge >= 0.3 is 0 Å². The van der Waals surface area contributed by atoms with Crippen molar-refractivity contribution in [1.29, 1.82) is 5.26 Å². The molecule has 1 aliphatic rings. The van der Waals surface area contributed by atoms with Crippen LogP contribution in [0.3, 0.4) is 0 Å². The van der Waals surface area contributed by atoms with E-state index >= 15 is 0 Å². The smallest absolute Gasteiger partial charge is 0.228 e. The van der Waals surface area contributed by atoms with Gasteiger partial charge in [-0.2, -0.15) is 10.2 Å². The van der Waals surface area contributed by atoms with Gasteiger partial charge in [-0.25, -0.2) is 4.98 Å². The van der Waals surface area contributed by atoms with E-state index in [9.17, 15) is 10.4 Å². The van der Waals surface area contributed by atoms with E-state index in [1.165, 1.54) is 17.8 Å². The Balaban J connectivity index is 1.97. The van der Waals surface area contributed by atoms with Crippen molar-refractivity contribution < 1.29 is 9.84 Å². The van der Waals surface area contributed by atoms with Crippen molar-refractivity contribution in [2.24, 2.45) is 7.05 Å². The number of ether oxygens (including phenoxy) is 1. The highest BCUT2D eigenvalue weighted by Crippen LogP contribution is 2.55. The zero-order valence-electron chi connectivity index (χ0n) is 13.7. The van der Waals surface area contributed by atoms with Gasteiger partial charge in [-0.05, 0) is 6.07 Å². The molecule has 8 nitrogen and oxygen atoms in total. The molecule has 9 heteroatoms. The Morgan fingerprint density at radius 3 is 2.88 bits per heavy atom. The zero-order valence-corrected chi connectivity index (χ0v) is 14.5. The minimum absolute atomic E-state index is 0.0108. The van der Waals surface area contributed by atoms with Crippen LogP contribution in [0.25, 0.3) is 0 Å². The largest absolute Gasteiger partial charge is 0.504 e. The molecule has 1 unspecified atom stereocenters. The molecule has 0 aliphatic carbocycles. The van der Waals surface area contributed by atoms with Gasteiger partial charge < -0.3 is 25.9 Å². The third kappa shape index (κ3) is 2.31. The topological polar surface area (TPSA) is 136 Å². The van der Waals surface area contributed by atoms with Crippen LogP contribution in [0.5, 0.6) is 17.4 Å². The maximum atomic E-state index is 10.2. The highest BCUT2D eigenvalue weighted by atomic mass is 32.2. The van der Waals surface area contributed by atoms with E-state index in [1.54, 1.807) is 12.3 Å². The van der Waals surface area contributed by atoms with Crippen LogP contribution in [0.1, 0.15) is 21.9 Å². The van der Waals surface area contributed by atoms with Gasteiger partial charge in [-0.3, -0.25) is 0 Å². The molecule has 2 aromatic heterocycles. The van der Waals surface area contributed by atoms with Gasteiger partial charge in [0, 0.05) is 25.0 Å². The van der Waals surface area contributed by atoms with E-state index in [0.29, 0.717) is 16.9 Å². The number of hydrogen-bond donors (Lipinski definition) is 3. The number of nitrogens with two attached hydrogens (primary N) is 2. The number of fused-ring (bicyclic) bond motifs is 2. The Bertz CT molecular complexity index is 1070. The summed E-state index contributed by atoms with van der Waals surface area (Å²) in [4.78, 5) is 8.53. The first-order valence-corrected chi connectivity index (χ1v) is 8.52. The fourth-order valence-corrected chi connectivity index (χ4v) is 4.09. The minimum atomic E-state index is -0.373. The number of benzene rings is 1. The number of nitrogen functional groups attached to an aromatic ring is 2. The molecule has 0 saturated carbocycles. The van der Waals surface area contributed by atoms with Crippen LogP contribution in [0, 0.1) is 11.3 Å². The van der Waals surface area contributed by atoms with Crippen molar-refractivity contribution in [3.63, 3.8) is 0 Å². The number of hydrogen-bond acceptors (Lipinski definition) is 8. The van der Waals surface area contributed by atoms with Crippen LogP contribution in [-0.4, -0.2) is 19.6 Å². The summed E-state index contributed by atoms with van der Waals surface area (Å²) in [5.41, 5.74) is 13.7. The summed E-state index contributed by atoms with van der Waals surface area (Å²) >= 11 is 1.42. The number of nitriles is 1. The fourth-order valence-electron chi connectivity index (χ4n) is 2.87. The second kappa shape index (κ2) is 5.86. The first-order chi connectivity index (χ1) is 12.5. The fraction of sp³-hybridized carbons (Fsp3) is 0.118. The molecule has 0 saturated heterocycles. The summed E-state index contributed by atoms with van der Waals surface area (Å²) in [5.74, 6) is 0.452. The highest BCUT2D eigenvalue weighted by Gasteiger charge is 2.35. The van der Waals surface area contributed by atoms with Gasteiger partial charge in [-0.15, -0.1) is 0 Å². The SMILES string of the molecule is Cn1ccnc1SC1c2cccc(O)c2Oc2nc(N)c(C#N)c(N)c21. The van der Waals surface area contributed by atoms with Gasteiger partial charge in [0.15, 0.2) is 16.7 Å². The average molecular weight is 366 g/mol. The number of pyridine rings is 1. The second-order valence-corrected chi connectivity index (χ2v) is 6.80. The van der Waals surface area contributed by atoms with Crippen LogP contribution in [0.4, 0.5) is 11.5 Å². The number of anilines is 2. The molecule has 4 rings (SSSR count). The van der Waals surface area contributed by atoms with Crippen LogP contribution in [-0.2, 0) is 7.05 Å². The number of aromatic nitrogens is 3. The molecule has 26 heavy (non-hydrogen) atoms. The summed E-state index contributed by atoms with van der Waals surface area (Å²) in [6, 6.07) is 7.08. The van der Waals surface area contributed by atoms with E-state index < -0.39 is 0 Å². The summed E-state index contributed by atoms with van der Waals surface area (Å²) in [5, 5.41) is 20.0. The Kier molecular flexibility index (Phi) is 3.63. The molecule has 0 spiro atoms. The normalized spacial score (nSPS) is 14.8. The Labute approximate surface area is 153 Å². The lowest BCUT2D eigenvalue weighted by atomic mass is 9.98. The van der Waals surface area contributed by atoms with Crippen molar-refractivity contribution >= 4 is 23.3 Å². The Morgan fingerprint density at radius 1 is 1.38 bits per heavy atom. The zero-order chi connectivity index (χ0) is 18.4. The van der Waals surface area contributed by atoms with Crippen LogP contribution in [0.2, 0.25) is 0 Å². The number of rotatable bonds is 2. The summed E-state index contributed by atoms with van der Waals surface area (Å²) in [7, 11) is 1.88. The molecular weight excluding hydrogens is 352 g/mol. The summed E-state index contributed by atoms with van der Waals surface area (Å²) in [6.07, 6.45) is 3.52. The number of para-hydroxylation sites is 1. The number of phenols is 1. The molecular formula is C17H14N6O2S. The van der Waals surface area contributed by atoms with Gasteiger partial charge in [-0.1, -0.05) is 23.9 Å². The molecule has 1 aromatic carbocycles. The van der Waals surface area contributed by atoms with Gasteiger partial charge in [0.05, 0.1) is 16.5 Å². The highest BCUT2D eigenvalue weighted by molar-refractivity contribution is 7.99. The van der Waals surface area contributed by atoms with Crippen molar-refractivity contribution in [1.82, 2.24) is 14.5 Å². The van der Waals surface area contributed by atoms with Crippen molar-refractivity contribution in [2.75, 3.05) is 11.5 Å². The van der Waals surface area contributed by atoms with Gasteiger partial charge in [0.1, 0.15) is 17.5 Å². The summed E-state index contributed by atoms with van der Waals surface area (Å²) < 4.78 is 7.65. The molecule has 3 aromatic rings. The number of aryl methyl sites for hydroxylation is 1. The second-order valence-electron chi connectivity index (χ2n) is 5.73. The molecule has 0 fully saturated rings. The first kappa shape index (κ1) is 16.1. The minimum Gasteiger partial charge on any atom is -0.504 e. The van der Waals surface area contributed by atoms with E-state index in [2.05, 4.69) is 9.97 Å². The van der Waals surface area contributed by atoms with Gasteiger partial charge in [0.2, 0.25) is 5.88 Å². The van der Waals surface area contributed by atoms with E-state index in [-0.39, 0.29) is 33.9 Å². The predicted octanol–water partition coefficient (Wildman–Crippen LogP) is 2.54. The van der Waals surface area contributed by atoms with Crippen LogP contribution in [0.15, 0.2) is 35.7 Å². The molecule has 130 valence electrons. The van der Waals surface area contributed by atoms with Crippen molar-refractivity contribution in [2.45, 2.75) is 10.4 Å². The molecule has 1 atom stereocenters. The third-order valence-electron chi connectivity index (χ3n) is 4.15. The Morgan fingerprint density at radius 2 is 2.19 bits per heavy atom. The maximum Gasteiger partial charge on any atom is 0.228 e. The molecule has 3 heterocycles. The van der Waals surface area contributed by atoms with Gasteiger partial charge in [0.25, 0.3) is 0 Å². The number of aromatic hydroxyl groups is 1. The molecule has 0 amide bonds. The molecule has 1 aliphatic heterocycles.